The second-order valence-corrected chi connectivity index (χ2v) is 5.01. The second kappa shape index (κ2) is 5.08. The monoisotopic (exact) mass is 297 g/mol. The van der Waals surface area contributed by atoms with Gasteiger partial charge in [-0.25, -0.2) is 0 Å². The van der Waals surface area contributed by atoms with E-state index in [9.17, 15) is 4.79 Å². The molecule has 0 heterocycles. The van der Waals surface area contributed by atoms with E-state index in [1.165, 1.54) is 6.42 Å². The van der Waals surface area contributed by atoms with Crippen LogP contribution in [0.1, 0.15) is 29.6 Å². The van der Waals surface area contributed by atoms with Gasteiger partial charge in [-0.1, -0.05) is 22.0 Å². The molecule has 92 valence electrons. The molecule has 17 heavy (non-hydrogen) atoms. The maximum absolute atomic E-state index is 12.1. The molecule has 1 fully saturated rings. The minimum absolute atomic E-state index is 0.0250. The van der Waals surface area contributed by atoms with E-state index in [1.807, 2.05) is 12.1 Å². The predicted octanol–water partition coefficient (Wildman–Crippen LogP) is 2.74. The fourth-order valence-corrected chi connectivity index (χ4v) is 2.67. The lowest BCUT2D eigenvalue weighted by Crippen LogP contribution is -2.54. The van der Waals surface area contributed by atoms with Crippen molar-refractivity contribution in [1.29, 1.82) is 0 Å². The van der Waals surface area contributed by atoms with Crippen LogP contribution in [0.4, 0.5) is 0 Å². The Morgan fingerprint density at radius 2 is 2.29 bits per heavy atom. The number of nitrogens with one attached hydrogen (secondary N) is 1. The van der Waals surface area contributed by atoms with Gasteiger partial charge in [0, 0.05) is 10.9 Å². The van der Waals surface area contributed by atoms with Crippen molar-refractivity contribution in [3.8, 4) is 5.75 Å². The lowest BCUT2D eigenvalue weighted by molar-refractivity contribution is 0.0856. The fraction of sp³-hybridized carbons (Fsp3) is 0.462. The van der Waals surface area contributed by atoms with E-state index < -0.39 is 0 Å². The first kappa shape index (κ1) is 12.4. The number of benzene rings is 1. The zero-order valence-corrected chi connectivity index (χ0v) is 11.4. The first-order chi connectivity index (χ1) is 8.19. The van der Waals surface area contributed by atoms with Crippen LogP contribution >= 0.6 is 15.9 Å². The van der Waals surface area contributed by atoms with Gasteiger partial charge in [0.1, 0.15) is 5.75 Å². The Labute approximate surface area is 110 Å². The number of alkyl halides is 1. The molecule has 1 saturated carbocycles. The Hall–Kier alpha value is -1.03. The van der Waals surface area contributed by atoms with Crippen molar-refractivity contribution in [3.05, 3.63) is 29.8 Å². The molecule has 0 saturated heterocycles. The Morgan fingerprint density at radius 1 is 1.53 bits per heavy atom. The average molecular weight is 298 g/mol. The van der Waals surface area contributed by atoms with Crippen LogP contribution in [0.15, 0.2) is 24.3 Å². The molecule has 1 aromatic carbocycles. The molecule has 1 aromatic rings. The molecule has 0 aromatic heterocycles. The maximum atomic E-state index is 12.1. The van der Waals surface area contributed by atoms with E-state index in [4.69, 9.17) is 4.74 Å². The summed E-state index contributed by atoms with van der Waals surface area (Å²) in [6.45, 7) is 0. The molecule has 1 amide bonds. The van der Waals surface area contributed by atoms with Crippen LogP contribution in [-0.2, 0) is 0 Å². The van der Waals surface area contributed by atoms with E-state index in [2.05, 4.69) is 21.2 Å². The van der Waals surface area contributed by atoms with Gasteiger partial charge in [0.15, 0.2) is 0 Å². The van der Waals surface area contributed by atoms with Crippen LogP contribution in [0.2, 0.25) is 0 Å². The summed E-state index contributed by atoms with van der Waals surface area (Å²) in [6.07, 6.45) is 3.28. The number of carbonyl (C=O) groups is 1. The Kier molecular flexibility index (Phi) is 3.72. The average Bonchev–Trinajstić information content (AvgIpc) is 2.33. The molecule has 0 aliphatic heterocycles. The van der Waals surface area contributed by atoms with Gasteiger partial charge in [0.25, 0.3) is 5.91 Å². The molecule has 0 spiro atoms. The summed E-state index contributed by atoms with van der Waals surface area (Å²) in [5, 5.41) is 3.92. The number of amides is 1. The summed E-state index contributed by atoms with van der Waals surface area (Å²) in [6, 6.07) is 7.23. The molecular formula is C13H16BrNO2. The summed E-state index contributed by atoms with van der Waals surface area (Å²) in [4.78, 5) is 12.1. The van der Waals surface area contributed by atoms with Crippen molar-refractivity contribution in [3.63, 3.8) is 0 Å². The summed E-state index contributed by atoms with van der Waals surface area (Å²) < 4.78 is 5.11. The van der Waals surface area contributed by atoms with Crippen LogP contribution in [0.25, 0.3) is 0 Å². The molecule has 2 rings (SSSR count). The van der Waals surface area contributed by atoms with E-state index >= 15 is 0 Å². The third-order valence-corrected chi connectivity index (χ3v) is 4.35. The molecule has 0 unspecified atom stereocenters. The maximum Gasteiger partial charge on any atom is 0.251 e. The minimum Gasteiger partial charge on any atom is -0.497 e. The zero-order chi connectivity index (χ0) is 12.3. The van der Waals surface area contributed by atoms with E-state index in [1.54, 1.807) is 19.2 Å². The summed E-state index contributed by atoms with van der Waals surface area (Å²) >= 11 is 3.47. The van der Waals surface area contributed by atoms with Crippen molar-refractivity contribution < 1.29 is 9.53 Å². The van der Waals surface area contributed by atoms with E-state index in [-0.39, 0.29) is 11.4 Å². The molecule has 1 N–H and O–H groups in total. The third-order valence-electron chi connectivity index (χ3n) is 3.28. The molecule has 1 aliphatic carbocycles. The predicted molar refractivity (Wildman–Crippen MR) is 70.8 cm³/mol. The summed E-state index contributed by atoms with van der Waals surface area (Å²) in [5.74, 6) is 0.683. The molecule has 0 atom stereocenters. The highest BCUT2D eigenvalue weighted by Gasteiger charge is 2.37. The topological polar surface area (TPSA) is 38.3 Å². The van der Waals surface area contributed by atoms with Gasteiger partial charge >= 0.3 is 0 Å². The number of carbonyl (C=O) groups excluding carboxylic acids is 1. The smallest absolute Gasteiger partial charge is 0.251 e. The van der Waals surface area contributed by atoms with Crippen molar-refractivity contribution in [1.82, 2.24) is 5.32 Å². The lowest BCUT2D eigenvalue weighted by atomic mass is 9.78. The quantitative estimate of drug-likeness (QED) is 0.868. The standard InChI is InChI=1S/C13H16BrNO2/c1-17-11-5-2-4-10(8-11)12(16)15-13(9-14)6-3-7-13/h2,4-5,8H,3,6-7,9H2,1H3,(H,15,16). The van der Waals surface area contributed by atoms with Gasteiger partial charge in [-0.3, -0.25) is 4.79 Å². The zero-order valence-electron chi connectivity index (χ0n) is 9.83. The van der Waals surface area contributed by atoms with Gasteiger partial charge in [-0.2, -0.15) is 0 Å². The van der Waals surface area contributed by atoms with Gasteiger partial charge in [0.05, 0.1) is 12.6 Å². The molecule has 1 aliphatic rings. The largest absolute Gasteiger partial charge is 0.497 e. The van der Waals surface area contributed by atoms with E-state index in [0.29, 0.717) is 11.3 Å². The second-order valence-electron chi connectivity index (χ2n) is 4.45. The number of halogens is 1. The van der Waals surface area contributed by atoms with Crippen molar-refractivity contribution >= 4 is 21.8 Å². The number of rotatable bonds is 4. The van der Waals surface area contributed by atoms with Crippen molar-refractivity contribution in [2.45, 2.75) is 24.8 Å². The number of hydrogen-bond donors (Lipinski definition) is 1. The summed E-state index contributed by atoms with van der Waals surface area (Å²) in [7, 11) is 1.60. The molecular weight excluding hydrogens is 282 g/mol. The van der Waals surface area contributed by atoms with Gasteiger partial charge in [-0.15, -0.1) is 0 Å². The highest BCUT2D eigenvalue weighted by atomic mass is 79.9. The SMILES string of the molecule is COc1cccc(C(=O)NC2(CBr)CCC2)c1. The van der Waals surface area contributed by atoms with Gasteiger partial charge < -0.3 is 10.1 Å². The first-order valence-electron chi connectivity index (χ1n) is 5.72. The normalized spacial score (nSPS) is 17.1. The Balaban J connectivity index is 2.08. The van der Waals surface area contributed by atoms with Gasteiger partial charge in [-0.05, 0) is 37.5 Å². The number of ether oxygens (including phenoxy) is 1. The van der Waals surface area contributed by atoms with E-state index in [0.717, 1.165) is 18.2 Å². The van der Waals surface area contributed by atoms with Crippen LogP contribution in [0.5, 0.6) is 5.75 Å². The Bertz CT molecular complexity index is 410. The van der Waals surface area contributed by atoms with Crippen molar-refractivity contribution in [2.24, 2.45) is 0 Å². The van der Waals surface area contributed by atoms with Crippen LogP contribution in [0.3, 0.4) is 0 Å². The van der Waals surface area contributed by atoms with Gasteiger partial charge in [0.2, 0.25) is 0 Å². The van der Waals surface area contributed by atoms with Crippen molar-refractivity contribution in [2.75, 3.05) is 12.4 Å². The first-order valence-corrected chi connectivity index (χ1v) is 6.84. The lowest BCUT2D eigenvalue weighted by Gasteiger charge is -2.41. The molecule has 0 radical (unpaired) electrons. The van der Waals surface area contributed by atoms with Crippen LogP contribution < -0.4 is 10.1 Å². The highest BCUT2D eigenvalue weighted by molar-refractivity contribution is 9.09. The third kappa shape index (κ3) is 2.63. The molecule has 3 nitrogen and oxygen atoms in total. The number of hydrogen-bond acceptors (Lipinski definition) is 2. The summed E-state index contributed by atoms with van der Waals surface area (Å²) in [5.41, 5.74) is 0.608. The fourth-order valence-electron chi connectivity index (χ4n) is 1.97. The highest BCUT2D eigenvalue weighted by Crippen LogP contribution is 2.33. The minimum atomic E-state index is -0.0415. The van der Waals surface area contributed by atoms with Crippen LogP contribution in [-0.4, -0.2) is 23.9 Å². The number of methoxy groups -OCH3 is 1. The molecule has 0 bridgehead atoms. The molecule has 4 heteroatoms. The van der Waals surface area contributed by atoms with Crippen LogP contribution in [0, 0.1) is 0 Å². The Morgan fingerprint density at radius 3 is 2.82 bits per heavy atom.